The van der Waals surface area contributed by atoms with Crippen LogP contribution in [-0.2, 0) is 4.79 Å². The second-order valence-electron chi connectivity index (χ2n) is 9.05. The van der Waals surface area contributed by atoms with Gasteiger partial charge in [0, 0.05) is 38.1 Å². The first-order chi connectivity index (χ1) is 13.7. The largest absolute Gasteiger partial charge is 0.343 e. The number of likely N-dealkylation sites (tertiary alicyclic amines) is 1. The lowest BCUT2D eigenvalue weighted by Gasteiger charge is -2.32. The first kappa shape index (κ1) is 21.4. The molecule has 0 bridgehead atoms. The van der Waals surface area contributed by atoms with Crippen LogP contribution in [0.25, 0.3) is 0 Å². The molecule has 160 valence electrons. The number of rotatable bonds is 10. The molecule has 0 unspecified atom stereocenters. The topological polar surface area (TPSA) is 73.5 Å². The predicted octanol–water partition coefficient (Wildman–Crippen LogP) is 3.17. The van der Waals surface area contributed by atoms with Crippen molar-refractivity contribution in [1.82, 2.24) is 20.9 Å². The van der Waals surface area contributed by atoms with E-state index in [1.165, 1.54) is 38.6 Å². The van der Waals surface area contributed by atoms with Gasteiger partial charge in [0.2, 0.25) is 5.91 Å². The fourth-order valence-corrected chi connectivity index (χ4v) is 4.41. The van der Waals surface area contributed by atoms with Gasteiger partial charge in [0.05, 0.1) is 0 Å². The van der Waals surface area contributed by atoms with E-state index in [-0.39, 0.29) is 6.03 Å². The first-order valence-corrected chi connectivity index (χ1v) is 11.8. The Morgan fingerprint density at radius 1 is 0.821 bits per heavy atom. The SMILES string of the molecule is O=C(NCCCCCC(=O)N1CCC(NCC2CC2)CC1)NC1CCCCC1. The fourth-order valence-electron chi connectivity index (χ4n) is 4.41. The van der Waals surface area contributed by atoms with Crippen molar-refractivity contribution in [2.45, 2.75) is 95.6 Å². The van der Waals surface area contributed by atoms with E-state index in [4.69, 9.17) is 0 Å². The molecular weight excluding hydrogens is 352 g/mol. The van der Waals surface area contributed by atoms with Crippen LogP contribution in [0.4, 0.5) is 4.79 Å². The van der Waals surface area contributed by atoms with Crippen molar-refractivity contribution in [3.63, 3.8) is 0 Å². The van der Waals surface area contributed by atoms with Crippen molar-refractivity contribution in [1.29, 1.82) is 0 Å². The smallest absolute Gasteiger partial charge is 0.315 e. The molecule has 1 heterocycles. The van der Waals surface area contributed by atoms with E-state index in [9.17, 15) is 9.59 Å². The first-order valence-electron chi connectivity index (χ1n) is 11.8. The number of piperidine rings is 1. The molecule has 0 aromatic heterocycles. The zero-order valence-corrected chi connectivity index (χ0v) is 17.5. The molecule has 1 aliphatic heterocycles. The number of urea groups is 1. The predicted molar refractivity (Wildman–Crippen MR) is 112 cm³/mol. The van der Waals surface area contributed by atoms with E-state index in [0.717, 1.165) is 64.0 Å². The molecule has 2 aliphatic carbocycles. The molecule has 28 heavy (non-hydrogen) atoms. The van der Waals surface area contributed by atoms with Crippen molar-refractivity contribution >= 4 is 11.9 Å². The van der Waals surface area contributed by atoms with Gasteiger partial charge in [0.15, 0.2) is 0 Å². The van der Waals surface area contributed by atoms with Crippen LogP contribution in [0.15, 0.2) is 0 Å². The van der Waals surface area contributed by atoms with Gasteiger partial charge < -0.3 is 20.9 Å². The zero-order valence-electron chi connectivity index (χ0n) is 17.5. The van der Waals surface area contributed by atoms with E-state index >= 15 is 0 Å². The minimum absolute atomic E-state index is 0.0267. The third-order valence-electron chi connectivity index (χ3n) is 6.53. The highest BCUT2D eigenvalue weighted by atomic mass is 16.2. The van der Waals surface area contributed by atoms with Gasteiger partial charge in [-0.2, -0.15) is 0 Å². The fraction of sp³-hybridized carbons (Fsp3) is 0.909. The van der Waals surface area contributed by atoms with Gasteiger partial charge in [-0.15, -0.1) is 0 Å². The number of nitrogens with one attached hydrogen (secondary N) is 3. The third kappa shape index (κ3) is 7.98. The summed E-state index contributed by atoms with van der Waals surface area (Å²) in [6.07, 6.45) is 14.5. The quantitative estimate of drug-likeness (QED) is 0.500. The summed E-state index contributed by atoms with van der Waals surface area (Å²) in [5.41, 5.74) is 0. The normalized spacial score (nSPS) is 21.5. The number of amides is 3. The van der Waals surface area contributed by atoms with E-state index < -0.39 is 0 Å². The van der Waals surface area contributed by atoms with Crippen LogP contribution in [-0.4, -0.2) is 55.1 Å². The summed E-state index contributed by atoms with van der Waals surface area (Å²) >= 11 is 0. The summed E-state index contributed by atoms with van der Waals surface area (Å²) in [7, 11) is 0. The molecule has 3 rings (SSSR count). The summed E-state index contributed by atoms with van der Waals surface area (Å²) in [6.45, 7) is 3.68. The van der Waals surface area contributed by atoms with Gasteiger partial charge >= 0.3 is 6.03 Å². The number of hydrogen-bond donors (Lipinski definition) is 3. The Morgan fingerprint density at radius 3 is 2.29 bits per heavy atom. The standard InChI is InChI=1S/C22H40N4O2/c27-21(26-15-12-19(13-16-26)24-17-18-10-11-18)9-5-2-6-14-23-22(28)25-20-7-3-1-4-8-20/h18-20,24H,1-17H2,(H2,23,25,28). The summed E-state index contributed by atoms with van der Waals surface area (Å²) in [6, 6.07) is 0.941. The second-order valence-corrected chi connectivity index (χ2v) is 9.05. The number of nitrogens with zero attached hydrogens (tertiary/aromatic N) is 1. The Labute approximate surface area is 170 Å². The average Bonchev–Trinajstić information content (AvgIpc) is 3.54. The van der Waals surface area contributed by atoms with Crippen LogP contribution in [0.5, 0.6) is 0 Å². The average molecular weight is 393 g/mol. The molecule has 6 nitrogen and oxygen atoms in total. The molecular formula is C22H40N4O2. The maximum atomic E-state index is 12.4. The number of carbonyl (C=O) groups is 2. The molecule has 3 aliphatic rings. The van der Waals surface area contributed by atoms with Crippen LogP contribution in [0.3, 0.4) is 0 Å². The Kier molecular flexibility index (Phi) is 8.90. The Morgan fingerprint density at radius 2 is 1.57 bits per heavy atom. The van der Waals surface area contributed by atoms with Gasteiger partial charge in [-0.25, -0.2) is 4.79 Å². The molecule has 0 aromatic rings. The zero-order chi connectivity index (χ0) is 19.6. The summed E-state index contributed by atoms with van der Waals surface area (Å²) in [4.78, 5) is 26.3. The number of hydrogen-bond acceptors (Lipinski definition) is 3. The molecule has 3 amide bonds. The van der Waals surface area contributed by atoms with Crippen molar-refractivity contribution < 1.29 is 9.59 Å². The van der Waals surface area contributed by atoms with Crippen molar-refractivity contribution in [2.75, 3.05) is 26.2 Å². The van der Waals surface area contributed by atoms with Crippen LogP contribution in [0, 0.1) is 5.92 Å². The molecule has 1 saturated heterocycles. The van der Waals surface area contributed by atoms with Crippen LogP contribution >= 0.6 is 0 Å². The van der Waals surface area contributed by atoms with E-state index in [2.05, 4.69) is 16.0 Å². The van der Waals surface area contributed by atoms with Crippen LogP contribution in [0.2, 0.25) is 0 Å². The lowest BCUT2D eigenvalue weighted by atomic mass is 9.96. The maximum absolute atomic E-state index is 12.4. The Balaban J connectivity index is 1.15. The van der Waals surface area contributed by atoms with Gasteiger partial charge in [0.25, 0.3) is 0 Å². The molecule has 0 aromatic carbocycles. The molecule has 3 N–H and O–H groups in total. The summed E-state index contributed by atoms with van der Waals surface area (Å²) in [5.74, 6) is 1.23. The van der Waals surface area contributed by atoms with Gasteiger partial charge in [-0.3, -0.25) is 4.79 Å². The molecule has 0 radical (unpaired) electrons. The highest BCUT2D eigenvalue weighted by Gasteiger charge is 2.25. The lowest BCUT2D eigenvalue weighted by molar-refractivity contribution is -0.132. The summed E-state index contributed by atoms with van der Waals surface area (Å²) in [5, 5.41) is 9.70. The third-order valence-corrected chi connectivity index (χ3v) is 6.53. The highest BCUT2D eigenvalue weighted by Crippen LogP contribution is 2.28. The Hall–Kier alpha value is -1.30. The van der Waals surface area contributed by atoms with Crippen LogP contribution < -0.4 is 16.0 Å². The van der Waals surface area contributed by atoms with Crippen LogP contribution in [0.1, 0.15) is 83.5 Å². The minimum atomic E-state index is -0.0267. The maximum Gasteiger partial charge on any atom is 0.315 e. The minimum Gasteiger partial charge on any atom is -0.343 e. The molecule has 0 atom stereocenters. The molecule has 3 fully saturated rings. The van der Waals surface area contributed by atoms with Crippen molar-refractivity contribution in [3.05, 3.63) is 0 Å². The van der Waals surface area contributed by atoms with Gasteiger partial charge in [-0.05, 0) is 63.8 Å². The second kappa shape index (κ2) is 11.6. The number of unbranched alkanes of at least 4 members (excludes halogenated alkanes) is 2. The molecule has 0 spiro atoms. The highest BCUT2D eigenvalue weighted by molar-refractivity contribution is 5.76. The Bertz CT molecular complexity index is 481. The van der Waals surface area contributed by atoms with Gasteiger partial charge in [-0.1, -0.05) is 25.7 Å². The van der Waals surface area contributed by atoms with E-state index in [0.29, 0.717) is 31.0 Å². The van der Waals surface area contributed by atoms with Crippen molar-refractivity contribution in [2.24, 2.45) is 5.92 Å². The van der Waals surface area contributed by atoms with Crippen molar-refractivity contribution in [3.8, 4) is 0 Å². The van der Waals surface area contributed by atoms with Gasteiger partial charge in [0.1, 0.15) is 0 Å². The molecule has 6 heteroatoms. The molecule has 2 saturated carbocycles. The monoisotopic (exact) mass is 392 g/mol. The number of carbonyl (C=O) groups excluding carboxylic acids is 2. The van der Waals surface area contributed by atoms with E-state index in [1.807, 2.05) is 4.90 Å². The summed E-state index contributed by atoms with van der Waals surface area (Å²) < 4.78 is 0. The van der Waals surface area contributed by atoms with E-state index in [1.54, 1.807) is 0 Å². The lowest BCUT2D eigenvalue weighted by Crippen LogP contribution is -2.45.